The second-order valence-electron chi connectivity index (χ2n) is 3.92. The maximum Gasteiger partial charge on any atom is 0.195 e. The summed E-state index contributed by atoms with van der Waals surface area (Å²) in [6.07, 6.45) is 2.84. The van der Waals surface area contributed by atoms with Crippen LogP contribution in [-0.4, -0.2) is 27.9 Å². The third-order valence-electron chi connectivity index (χ3n) is 2.40. The van der Waals surface area contributed by atoms with Gasteiger partial charge in [0, 0.05) is 18.5 Å². The highest BCUT2D eigenvalue weighted by Gasteiger charge is 2.11. The van der Waals surface area contributed by atoms with Gasteiger partial charge in [-0.2, -0.15) is 0 Å². The summed E-state index contributed by atoms with van der Waals surface area (Å²) in [7, 11) is 0. The number of hydrogen-bond acceptors (Lipinski definition) is 6. The Morgan fingerprint density at radius 1 is 1.53 bits per heavy atom. The first kappa shape index (κ1) is 11.8. The zero-order valence-corrected chi connectivity index (χ0v) is 9.59. The van der Waals surface area contributed by atoms with E-state index in [4.69, 9.17) is 19.8 Å². The molecule has 1 atom stereocenters. The van der Waals surface area contributed by atoms with Crippen LogP contribution in [0.1, 0.15) is 18.1 Å². The first-order valence-corrected chi connectivity index (χ1v) is 5.44. The molecule has 0 radical (unpaired) electrons. The molecule has 6 heteroatoms. The summed E-state index contributed by atoms with van der Waals surface area (Å²) in [6.45, 7) is 1.78. The molecule has 0 amide bonds. The molecule has 3 N–H and O–H groups in total. The van der Waals surface area contributed by atoms with Crippen LogP contribution in [0.15, 0.2) is 21.2 Å². The van der Waals surface area contributed by atoms with Crippen LogP contribution in [0.4, 0.5) is 0 Å². The van der Waals surface area contributed by atoms with E-state index < -0.39 is 0 Å². The van der Waals surface area contributed by atoms with E-state index in [-0.39, 0.29) is 12.6 Å². The van der Waals surface area contributed by atoms with Crippen molar-refractivity contribution in [2.45, 2.75) is 25.8 Å². The van der Waals surface area contributed by atoms with Gasteiger partial charge < -0.3 is 19.8 Å². The highest BCUT2D eigenvalue weighted by atomic mass is 16.5. The number of nitrogens with two attached hydrogens (primary N) is 1. The molecular weight excluding hydrogens is 222 g/mol. The third-order valence-corrected chi connectivity index (χ3v) is 2.40. The molecule has 2 heterocycles. The van der Waals surface area contributed by atoms with Gasteiger partial charge in [-0.05, 0) is 13.3 Å². The number of oxazole rings is 1. The van der Waals surface area contributed by atoms with Gasteiger partial charge in [-0.25, -0.2) is 4.98 Å². The van der Waals surface area contributed by atoms with Crippen LogP contribution in [0.3, 0.4) is 0 Å². The summed E-state index contributed by atoms with van der Waals surface area (Å²) in [5.41, 5.74) is 6.23. The molecule has 0 aliphatic rings. The Morgan fingerprint density at radius 3 is 3.00 bits per heavy atom. The molecule has 92 valence electrons. The molecule has 0 bridgehead atoms. The van der Waals surface area contributed by atoms with Gasteiger partial charge >= 0.3 is 0 Å². The molecule has 6 nitrogen and oxygen atoms in total. The van der Waals surface area contributed by atoms with Gasteiger partial charge in [-0.15, -0.1) is 0 Å². The largest absolute Gasteiger partial charge is 0.439 e. The van der Waals surface area contributed by atoms with Crippen LogP contribution in [0, 0.1) is 6.92 Å². The zero-order chi connectivity index (χ0) is 12.3. The van der Waals surface area contributed by atoms with Crippen LogP contribution >= 0.6 is 0 Å². The first-order chi connectivity index (χ1) is 8.19. The fraction of sp³-hybridized carbons (Fsp3) is 0.455. The smallest absolute Gasteiger partial charge is 0.195 e. The molecule has 2 rings (SSSR count). The normalized spacial score (nSPS) is 12.9. The molecule has 0 saturated heterocycles. The minimum atomic E-state index is -0.236. The Hall–Kier alpha value is -1.66. The van der Waals surface area contributed by atoms with Crippen molar-refractivity contribution in [2.75, 3.05) is 6.61 Å². The molecule has 0 aliphatic carbocycles. The van der Waals surface area contributed by atoms with Gasteiger partial charge in [0.15, 0.2) is 17.3 Å². The van der Waals surface area contributed by atoms with Crippen molar-refractivity contribution in [1.29, 1.82) is 0 Å². The minimum absolute atomic E-state index is 0.0317. The molecule has 0 aliphatic heterocycles. The molecule has 2 aromatic heterocycles. The maximum atomic E-state index is 8.80. The highest BCUT2D eigenvalue weighted by molar-refractivity contribution is 5.49. The predicted molar refractivity (Wildman–Crippen MR) is 60.1 cm³/mol. The first-order valence-electron chi connectivity index (χ1n) is 5.44. The van der Waals surface area contributed by atoms with Crippen molar-refractivity contribution in [1.82, 2.24) is 10.1 Å². The molecule has 0 unspecified atom stereocenters. The Morgan fingerprint density at radius 2 is 2.35 bits per heavy atom. The van der Waals surface area contributed by atoms with Gasteiger partial charge in [0.25, 0.3) is 0 Å². The standard InChI is InChI=1S/C11H15N3O3/c1-7-4-9(14-17-7)10-5-13-11(16-10)3-2-8(12)6-15/h4-5,8,15H,2-3,6,12H2,1H3/t8-/m0/s1. The second-order valence-corrected chi connectivity index (χ2v) is 3.92. The van der Waals surface area contributed by atoms with Crippen molar-refractivity contribution >= 4 is 0 Å². The van der Waals surface area contributed by atoms with Crippen molar-refractivity contribution in [2.24, 2.45) is 5.73 Å². The van der Waals surface area contributed by atoms with E-state index in [1.54, 1.807) is 12.3 Å². The zero-order valence-electron chi connectivity index (χ0n) is 9.59. The van der Waals surface area contributed by atoms with Gasteiger partial charge in [-0.3, -0.25) is 0 Å². The molecule has 2 aromatic rings. The topological polar surface area (TPSA) is 98.3 Å². The quantitative estimate of drug-likeness (QED) is 0.801. The Bertz CT molecular complexity index is 478. The summed E-state index contributed by atoms with van der Waals surface area (Å²) in [5.74, 6) is 1.89. The van der Waals surface area contributed by atoms with Gasteiger partial charge in [0.2, 0.25) is 0 Å². The highest BCUT2D eigenvalue weighted by Crippen LogP contribution is 2.20. The summed E-state index contributed by atoms with van der Waals surface area (Å²) in [4.78, 5) is 4.12. The molecular formula is C11H15N3O3. The van der Waals surface area contributed by atoms with Gasteiger partial charge in [-0.1, -0.05) is 5.16 Å². The SMILES string of the molecule is Cc1cc(-c2cnc(CC[C@H](N)CO)o2)no1. The summed E-state index contributed by atoms with van der Waals surface area (Å²) in [5, 5.41) is 12.6. The minimum Gasteiger partial charge on any atom is -0.439 e. The van der Waals surface area contributed by atoms with E-state index >= 15 is 0 Å². The molecule has 0 fully saturated rings. The average molecular weight is 237 g/mol. The maximum absolute atomic E-state index is 8.80. The van der Waals surface area contributed by atoms with Crippen LogP contribution < -0.4 is 5.73 Å². The monoisotopic (exact) mass is 237 g/mol. The summed E-state index contributed by atoms with van der Waals surface area (Å²) in [6, 6.07) is 1.55. The van der Waals surface area contributed by atoms with Crippen LogP contribution in [0.25, 0.3) is 11.5 Å². The molecule has 0 aromatic carbocycles. The Balaban J connectivity index is 2.01. The lowest BCUT2D eigenvalue weighted by Gasteiger charge is -2.04. The van der Waals surface area contributed by atoms with Gasteiger partial charge in [0.1, 0.15) is 5.76 Å². The number of hydrogen-bond donors (Lipinski definition) is 2. The molecule has 0 spiro atoms. The van der Waals surface area contributed by atoms with Crippen LogP contribution in [0.5, 0.6) is 0 Å². The van der Waals surface area contributed by atoms with E-state index in [9.17, 15) is 0 Å². The fourth-order valence-electron chi connectivity index (χ4n) is 1.43. The van der Waals surface area contributed by atoms with Crippen molar-refractivity contribution in [3.63, 3.8) is 0 Å². The van der Waals surface area contributed by atoms with Crippen LogP contribution in [-0.2, 0) is 6.42 Å². The van der Waals surface area contributed by atoms with E-state index in [0.717, 1.165) is 5.76 Å². The number of rotatable bonds is 5. The van der Waals surface area contributed by atoms with Crippen molar-refractivity contribution in [3.05, 3.63) is 23.9 Å². The average Bonchev–Trinajstić information content (AvgIpc) is 2.94. The lowest BCUT2D eigenvalue weighted by atomic mass is 10.2. The number of aryl methyl sites for hydroxylation is 2. The fourth-order valence-corrected chi connectivity index (χ4v) is 1.43. The lowest BCUT2D eigenvalue weighted by molar-refractivity contribution is 0.258. The van der Waals surface area contributed by atoms with Crippen molar-refractivity contribution < 1.29 is 14.0 Å². The second kappa shape index (κ2) is 5.11. The van der Waals surface area contributed by atoms with Crippen molar-refractivity contribution in [3.8, 4) is 11.5 Å². The lowest BCUT2D eigenvalue weighted by Crippen LogP contribution is -2.24. The Labute approximate surface area is 98.4 Å². The number of aromatic nitrogens is 2. The number of aliphatic hydroxyl groups excluding tert-OH is 1. The van der Waals surface area contributed by atoms with E-state index in [1.165, 1.54) is 0 Å². The van der Waals surface area contributed by atoms with Crippen LogP contribution in [0.2, 0.25) is 0 Å². The third kappa shape index (κ3) is 2.92. The van der Waals surface area contributed by atoms with E-state index in [0.29, 0.717) is 30.2 Å². The molecule has 17 heavy (non-hydrogen) atoms. The van der Waals surface area contributed by atoms with Gasteiger partial charge in [0.05, 0.1) is 12.8 Å². The number of nitrogens with zero attached hydrogens (tertiary/aromatic N) is 2. The van der Waals surface area contributed by atoms with E-state index in [2.05, 4.69) is 10.1 Å². The Kier molecular flexibility index (Phi) is 3.55. The predicted octanol–water partition coefficient (Wildman–Crippen LogP) is 0.890. The molecule has 0 saturated carbocycles. The number of aliphatic hydroxyl groups is 1. The summed E-state index contributed by atoms with van der Waals surface area (Å²) < 4.78 is 10.5. The summed E-state index contributed by atoms with van der Waals surface area (Å²) >= 11 is 0. The van der Waals surface area contributed by atoms with E-state index in [1.807, 2.05) is 6.92 Å².